The third-order valence-electron chi connectivity index (χ3n) is 1.89. The lowest BCUT2D eigenvalue weighted by Crippen LogP contribution is -2.29. The molecule has 58 valence electrons. The van der Waals surface area contributed by atoms with Crippen molar-refractivity contribution in [3.05, 3.63) is 0 Å². The summed E-state index contributed by atoms with van der Waals surface area (Å²) in [5.74, 6) is 0. The standard InChI is InChI=1S/C8H17NP/c1-10(2)8-9-6-4-3-5-7-9/h1,3-8H2,2H3/q+1. The lowest BCUT2D eigenvalue weighted by molar-refractivity contribution is 0.265. The zero-order chi connectivity index (χ0) is 7.40. The fraction of sp³-hybridized carbons (Fsp3) is 0.875. The Morgan fingerprint density at radius 2 is 1.90 bits per heavy atom. The maximum atomic E-state index is 4.06. The molecule has 1 rings (SSSR count). The predicted octanol–water partition coefficient (Wildman–Crippen LogP) is 1.97. The highest BCUT2D eigenvalue weighted by atomic mass is 31.1. The minimum Gasteiger partial charge on any atom is -0.265 e. The molecule has 1 aliphatic heterocycles. The van der Waals surface area contributed by atoms with Gasteiger partial charge in [0.1, 0.15) is 0 Å². The van der Waals surface area contributed by atoms with Gasteiger partial charge in [0, 0.05) is 13.1 Å². The molecule has 1 fully saturated rings. The van der Waals surface area contributed by atoms with Crippen molar-refractivity contribution < 1.29 is 0 Å². The normalized spacial score (nSPS) is 22.7. The summed E-state index contributed by atoms with van der Waals surface area (Å²) in [5, 5.41) is 0. The van der Waals surface area contributed by atoms with Crippen LogP contribution in [0.5, 0.6) is 0 Å². The largest absolute Gasteiger partial charge is 0.265 e. The molecule has 1 nitrogen and oxygen atoms in total. The fourth-order valence-electron chi connectivity index (χ4n) is 1.44. The Bertz CT molecular complexity index is 116. The molecule has 0 saturated carbocycles. The van der Waals surface area contributed by atoms with Gasteiger partial charge in [-0.3, -0.25) is 4.90 Å². The molecular weight excluding hydrogens is 141 g/mol. The molecule has 0 N–H and O–H groups in total. The number of hydrogen-bond donors (Lipinski definition) is 0. The lowest BCUT2D eigenvalue weighted by Gasteiger charge is -2.22. The van der Waals surface area contributed by atoms with E-state index in [-0.39, 0.29) is 7.55 Å². The molecule has 0 aromatic rings. The maximum absolute atomic E-state index is 4.06. The lowest BCUT2D eigenvalue weighted by atomic mass is 10.1. The molecular formula is C8H17NP+. The topological polar surface area (TPSA) is 3.24 Å². The van der Waals surface area contributed by atoms with Gasteiger partial charge in [-0.2, -0.15) is 0 Å². The van der Waals surface area contributed by atoms with Crippen molar-refractivity contribution >= 4 is 13.8 Å². The second kappa shape index (κ2) is 4.10. The molecule has 0 aromatic heterocycles. The van der Waals surface area contributed by atoms with Crippen molar-refractivity contribution in [2.45, 2.75) is 19.3 Å². The summed E-state index contributed by atoms with van der Waals surface area (Å²) in [5.41, 5.74) is 0. The van der Waals surface area contributed by atoms with E-state index in [1.54, 1.807) is 0 Å². The van der Waals surface area contributed by atoms with Gasteiger partial charge in [-0.1, -0.05) is 6.42 Å². The number of rotatable bonds is 2. The molecule has 0 radical (unpaired) electrons. The van der Waals surface area contributed by atoms with Crippen LogP contribution in [0.4, 0.5) is 0 Å². The number of hydrogen-bond acceptors (Lipinski definition) is 1. The summed E-state index contributed by atoms with van der Waals surface area (Å²) in [7, 11) is 0.0526. The van der Waals surface area contributed by atoms with Crippen LogP contribution in [-0.2, 0) is 0 Å². The zero-order valence-electron chi connectivity index (χ0n) is 6.84. The molecule has 0 aromatic carbocycles. The van der Waals surface area contributed by atoms with Crippen LogP contribution in [0.3, 0.4) is 0 Å². The number of likely N-dealkylation sites (tertiary alicyclic amines) is 1. The van der Waals surface area contributed by atoms with Gasteiger partial charge >= 0.3 is 0 Å². The van der Waals surface area contributed by atoms with E-state index in [1.165, 1.54) is 38.6 Å². The Balaban J connectivity index is 2.19. The van der Waals surface area contributed by atoms with Gasteiger partial charge in [-0.15, -0.1) is 0 Å². The van der Waals surface area contributed by atoms with Gasteiger partial charge in [0.25, 0.3) is 0 Å². The van der Waals surface area contributed by atoms with Gasteiger partial charge in [0.15, 0.2) is 6.29 Å². The van der Waals surface area contributed by atoms with Crippen molar-refractivity contribution in [3.63, 3.8) is 0 Å². The third-order valence-corrected chi connectivity index (χ3v) is 2.77. The second-order valence-electron chi connectivity index (χ2n) is 3.18. The molecule has 0 spiro atoms. The minimum absolute atomic E-state index is 0.0526. The van der Waals surface area contributed by atoms with Crippen molar-refractivity contribution in [2.75, 3.05) is 26.0 Å². The van der Waals surface area contributed by atoms with Crippen LogP contribution in [-0.4, -0.2) is 37.2 Å². The van der Waals surface area contributed by atoms with Gasteiger partial charge < -0.3 is 0 Å². The van der Waals surface area contributed by atoms with Crippen molar-refractivity contribution in [1.29, 1.82) is 0 Å². The van der Waals surface area contributed by atoms with E-state index in [2.05, 4.69) is 17.9 Å². The SMILES string of the molecule is C=[P+](C)CN1CCCCC1. The molecule has 0 amide bonds. The van der Waals surface area contributed by atoms with Crippen LogP contribution in [0.1, 0.15) is 19.3 Å². The molecule has 2 heteroatoms. The Morgan fingerprint density at radius 1 is 1.30 bits per heavy atom. The molecule has 1 saturated heterocycles. The van der Waals surface area contributed by atoms with E-state index in [4.69, 9.17) is 0 Å². The molecule has 1 unspecified atom stereocenters. The summed E-state index contributed by atoms with van der Waals surface area (Å²) in [6.45, 7) is 4.90. The summed E-state index contributed by atoms with van der Waals surface area (Å²) in [6.07, 6.45) is 9.57. The first-order valence-electron chi connectivity index (χ1n) is 4.03. The third kappa shape index (κ3) is 2.81. The molecule has 10 heavy (non-hydrogen) atoms. The van der Waals surface area contributed by atoms with Crippen LogP contribution in [0.25, 0.3) is 0 Å². The zero-order valence-corrected chi connectivity index (χ0v) is 7.74. The van der Waals surface area contributed by atoms with Crippen molar-refractivity contribution in [2.24, 2.45) is 0 Å². The first kappa shape index (κ1) is 8.23. The first-order chi connectivity index (χ1) is 4.79. The van der Waals surface area contributed by atoms with E-state index in [1.807, 2.05) is 0 Å². The molecule has 0 aliphatic carbocycles. The molecule has 1 heterocycles. The fourth-order valence-corrected chi connectivity index (χ4v) is 2.41. The smallest absolute Gasteiger partial charge is 0.158 e. The summed E-state index contributed by atoms with van der Waals surface area (Å²) in [4.78, 5) is 2.56. The minimum atomic E-state index is 0.0526. The molecule has 1 aliphatic rings. The van der Waals surface area contributed by atoms with Crippen molar-refractivity contribution in [3.8, 4) is 0 Å². The summed E-state index contributed by atoms with van der Waals surface area (Å²) in [6, 6.07) is 0. The highest BCUT2D eigenvalue weighted by molar-refractivity contribution is 7.54. The van der Waals surface area contributed by atoms with E-state index in [0.29, 0.717) is 0 Å². The number of nitrogens with zero attached hydrogens (tertiary/aromatic N) is 1. The Hall–Kier alpha value is 0.130. The first-order valence-corrected chi connectivity index (χ1v) is 6.19. The Morgan fingerprint density at radius 3 is 2.40 bits per heavy atom. The van der Waals surface area contributed by atoms with Crippen LogP contribution >= 0.6 is 7.55 Å². The predicted molar refractivity (Wildman–Crippen MR) is 50.3 cm³/mol. The van der Waals surface area contributed by atoms with Crippen LogP contribution in [0.15, 0.2) is 0 Å². The summed E-state index contributed by atoms with van der Waals surface area (Å²) < 4.78 is 0. The van der Waals surface area contributed by atoms with Gasteiger partial charge in [-0.25, -0.2) is 0 Å². The van der Waals surface area contributed by atoms with Gasteiger partial charge in [-0.05, 0) is 12.8 Å². The van der Waals surface area contributed by atoms with Crippen LogP contribution < -0.4 is 0 Å². The van der Waals surface area contributed by atoms with Crippen LogP contribution in [0, 0.1) is 0 Å². The molecule has 1 atom stereocenters. The highest BCUT2D eigenvalue weighted by Crippen LogP contribution is 2.18. The Labute approximate surface area is 64.8 Å². The van der Waals surface area contributed by atoms with Gasteiger partial charge in [0.2, 0.25) is 0 Å². The van der Waals surface area contributed by atoms with E-state index in [9.17, 15) is 0 Å². The van der Waals surface area contributed by atoms with E-state index >= 15 is 0 Å². The van der Waals surface area contributed by atoms with E-state index in [0.717, 1.165) is 0 Å². The average Bonchev–Trinajstić information content (AvgIpc) is 1.88. The quantitative estimate of drug-likeness (QED) is 0.555. The second-order valence-corrected chi connectivity index (χ2v) is 5.17. The van der Waals surface area contributed by atoms with Gasteiger partial charge in [0.05, 0.1) is 20.5 Å². The maximum Gasteiger partial charge on any atom is 0.158 e. The van der Waals surface area contributed by atoms with Crippen LogP contribution in [0.2, 0.25) is 0 Å². The molecule has 0 bridgehead atoms. The average molecular weight is 158 g/mol. The summed E-state index contributed by atoms with van der Waals surface area (Å²) >= 11 is 0. The van der Waals surface area contributed by atoms with E-state index < -0.39 is 0 Å². The van der Waals surface area contributed by atoms with Crippen molar-refractivity contribution in [1.82, 2.24) is 4.90 Å². The Kier molecular flexibility index (Phi) is 3.37. The number of piperidine rings is 1. The monoisotopic (exact) mass is 158 g/mol. The highest BCUT2D eigenvalue weighted by Gasteiger charge is 2.12.